The highest BCUT2D eigenvalue weighted by Gasteiger charge is 2.23. The molecule has 33 heavy (non-hydrogen) atoms. The van der Waals surface area contributed by atoms with Gasteiger partial charge in [0.1, 0.15) is 11.5 Å². The van der Waals surface area contributed by atoms with E-state index in [1.54, 1.807) is 24.4 Å². The lowest BCUT2D eigenvalue weighted by Gasteiger charge is -2.34. The SMILES string of the molecule is C.C[C@@H]1COCCN1c1cc(-c2cccc(S(C)(=O)=O)c2)nc(-c2ccnc3[nH]ccc23)n1. The van der Waals surface area contributed by atoms with Crippen LogP contribution < -0.4 is 4.90 Å². The largest absolute Gasteiger partial charge is 0.377 e. The number of nitrogens with zero attached hydrogens (tertiary/aromatic N) is 4. The Hall–Kier alpha value is -3.30. The smallest absolute Gasteiger partial charge is 0.175 e. The van der Waals surface area contributed by atoms with Crippen molar-refractivity contribution in [1.82, 2.24) is 19.9 Å². The van der Waals surface area contributed by atoms with Crippen molar-refractivity contribution in [2.45, 2.75) is 25.3 Å². The minimum atomic E-state index is -3.34. The van der Waals surface area contributed by atoms with Crippen LogP contribution in [0.1, 0.15) is 14.4 Å². The van der Waals surface area contributed by atoms with E-state index in [0.29, 0.717) is 24.7 Å². The van der Waals surface area contributed by atoms with Crippen LogP contribution in [0.2, 0.25) is 0 Å². The van der Waals surface area contributed by atoms with Gasteiger partial charge >= 0.3 is 0 Å². The maximum Gasteiger partial charge on any atom is 0.175 e. The molecule has 5 rings (SSSR count). The molecular formula is C24H27N5O3S. The summed E-state index contributed by atoms with van der Waals surface area (Å²) in [6.45, 7) is 4.06. The fourth-order valence-corrected chi connectivity index (χ4v) is 4.63. The highest BCUT2D eigenvalue weighted by molar-refractivity contribution is 7.90. The van der Waals surface area contributed by atoms with E-state index in [9.17, 15) is 8.42 Å². The minimum absolute atomic E-state index is 0. The second kappa shape index (κ2) is 8.92. The molecular weight excluding hydrogens is 438 g/mol. The van der Waals surface area contributed by atoms with Crippen molar-refractivity contribution in [3.63, 3.8) is 0 Å². The molecule has 0 unspecified atom stereocenters. The Morgan fingerprint density at radius 2 is 2.00 bits per heavy atom. The second-order valence-electron chi connectivity index (χ2n) is 7.95. The molecule has 8 nitrogen and oxygen atoms in total. The number of hydrogen-bond donors (Lipinski definition) is 1. The van der Waals surface area contributed by atoms with Gasteiger partial charge in [0, 0.05) is 47.8 Å². The van der Waals surface area contributed by atoms with Gasteiger partial charge in [-0.3, -0.25) is 0 Å². The third-order valence-corrected chi connectivity index (χ3v) is 6.74. The lowest BCUT2D eigenvalue weighted by atomic mass is 10.1. The number of rotatable bonds is 4. The van der Waals surface area contributed by atoms with Crippen LogP contribution in [0.25, 0.3) is 33.7 Å². The number of fused-ring (bicyclic) bond motifs is 1. The molecule has 3 aromatic heterocycles. The monoisotopic (exact) mass is 465 g/mol. The van der Waals surface area contributed by atoms with Crippen LogP contribution in [0, 0.1) is 0 Å². The van der Waals surface area contributed by atoms with Crippen LogP contribution in [0.3, 0.4) is 0 Å². The Balaban J connectivity index is 0.00000259. The van der Waals surface area contributed by atoms with Crippen LogP contribution in [-0.4, -0.2) is 60.4 Å². The van der Waals surface area contributed by atoms with Gasteiger partial charge in [-0.15, -0.1) is 0 Å². The predicted molar refractivity (Wildman–Crippen MR) is 130 cm³/mol. The molecule has 1 atom stereocenters. The summed E-state index contributed by atoms with van der Waals surface area (Å²) in [6.07, 6.45) is 4.77. The zero-order valence-corrected chi connectivity index (χ0v) is 18.6. The molecule has 172 valence electrons. The standard InChI is InChI=1S/C23H23N5O3S.CH4/c1-15-14-31-11-10-28(15)21-13-20(16-4-3-5-17(12-16)32(2,29)30)26-23(27-21)19-7-9-25-22-18(19)6-8-24-22;/h3-9,12-13,15H,10-11,14H2,1-2H3,(H,24,25);1H4/t15-;/m1./s1. The average Bonchev–Trinajstić information content (AvgIpc) is 3.28. The number of hydrogen-bond acceptors (Lipinski definition) is 7. The lowest BCUT2D eigenvalue weighted by molar-refractivity contribution is 0.0985. The van der Waals surface area contributed by atoms with Gasteiger partial charge in [-0.25, -0.2) is 23.4 Å². The van der Waals surface area contributed by atoms with Gasteiger partial charge in [0.05, 0.1) is 29.8 Å². The van der Waals surface area contributed by atoms with E-state index in [-0.39, 0.29) is 18.4 Å². The Bertz CT molecular complexity index is 1400. The second-order valence-corrected chi connectivity index (χ2v) is 9.97. The normalized spacial score (nSPS) is 16.5. The highest BCUT2D eigenvalue weighted by atomic mass is 32.2. The van der Waals surface area contributed by atoms with Crippen molar-refractivity contribution < 1.29 is 13.2 Å². The van der Waals surface area contributed by atoms with E-state index in [1.165, 1.54) is 6.26 Å². The van der Waals surface area contributed by atoms with E-state index < -0.39 is 9.84 Å². The Morgan fingerprint density at radius 1 is 1.15 bits per heavy atom. The van der Waals surface area contributed by atoms with Crippen LogP contribution in [0.5, 0.6) is 0 Å². The average molecular weight is 466 g/mol. The molecule has 1 aliphatic rings. The van der Waals surface area contributed by atoms with Crippen LogP contribution in [-0.2, 0) is 14.6 Å². The minimum Gasteiger partial charge on any atom is -0.377 e. The molecule has 1 aliphatic heterocycles. The van der Waals surface area contributed by atoms with Crippen molar-refractivity contribution in [1.29, 1.82) is 0 Å². The number of ether oxygens (including phenoxy) is 1. The molecule has 1 N–H and O–H groups in total. The maximum atomic E-state index is 12.1. The molecule has 1 fully saturated rings. The first-order valence-corrected chi connectivity index (χ1v) is 12.3. The van der Waals surface area contributed by atoms with Gasteiger partial charge in [-0.1, -0.05) is 19.6 Å². The number of morpholine rings is 1. The fourth-order valence-electron chi connectivity index (χ4n) is 3.96. The lowest BCUT2D eigenvalue weighted by Crippen LogP contribution is -2.44. The quantitative estimate of drug-likeness (QED) is 0.487. The molecule has 0 aliphatic carbocycles. The maximum absolute atomic E-state index is 12.1. The summed E-state index contributed by atoms with van der Waals surface area (Å²) in [5, 5.41) is 0.926. The molecule has 0 amide bonds. The van der Waals surface area contributed by atoms with Gasteiger partial charge in [-0.05, 0) is 31.2 Å². The third-order valence-electron chi connectivity index (χ3n) is 5.63. The van der Waals surface area contributed by atoms with Gasteiger partial charge in [-0.2, -0.15) is 0 Å². The number of benzene rings is 1. The van der Waals surface area contributed by atoms with Crippen LogP contribution >= 0.6 is 0 Å². The van der Waals surface area contributed by atoms with Crippen molar-refractivity contribution in [2.75, 3.05) is 30.9 Å². The van der Waals surface area contributed by atoms with E-state index in [1.807, 2.05) is 30.5 Å². The van der Waals surface area contributed by atoms with Gasteiger partial charge < -0.3 is 14.6 Å². The van der Waals surface area contributed by atoms with E-state index in [4.69, 9.17) is 14.7 Å². The summed E-state index contributed by atoms with van der Waals surface area (Å²) in [4.78, 5) is 19.7. The van der Waals surface area contributed by atoms with Crippen molar-refractivity contribution in [3.8, 4) is 22.6 Å². The number of nitrogens with one attached hydrogen (secondary N) is 1. The number of H-pyrrole nitrogens is 1. The Morgan fingerprint density at radius 3 is 2.79 bits per heavy atom. The molecule has 9 heteroatoms. The van der Waals surface area contributed by atoms with Crippen LogP contribution in [0.4, 0.5) is 5.82 Å². The molecule has 0 bridgehead atoms. The molecule has 0 spiro atoms. The van der Waals surface area contributed by atoms with Crippen LogP contribution in [0.15, 0.2) is 59.8 Å². The van der Waals surface area contributed by atoms with Crippen molar-refractivity contribution in [3.05, 3.63) is 54.9 Å². The van der Waals surface area contributed by atoms with E-state index in [2.05, 4.69) is 21.8 Å². The number of aromatic amines is 1. The fraction of sp³-hybridized carbons (Fsp3) is 0.292. The molecule has 4 heterocycles. The zero-order chi connectivity index (χ0) is 22.3. The first kappa shape index (κ1) is 22.9. The van der Waals surface area contributed by atoms with Gasteiger partial charge in [0.2, 0.25) is 0 Å². The van der Waals surface area contributed by atoms with E-state index in [0.717, 1.165) is 34.5 Å². The Labute approximate surface area is 193 Å². The van der Waals surface area contributed by atoms with Gasteiger partial charge in [0.25, 0.3) is 0 Å². The molecule has 0 saturated carbocycles. The van der Waals surface area contributed by atoms with Crippen molar-refractivity contribution in [2.24, 2.45) is 0 Å². The summed E-state index contributed by atoms with van der Waals surface area (Å²) in [7, 11) is -3.34. The first-order valence-electron chi connectivity index (χ1n) is 10.4. The number of pyridine rings is 1. The van der Waals surface area contributed by atoms with E-state index >= 15 is 0 Å². The summed E-state index contributed by atoms with van der Waals surface area (Å²) in [5.41, 5.74) is 3.00. The topological polar surface area (TPSA) is 101 Å². The molecule has 4 aromatic rings. The first-order chi connectivity index (χ1) is 15.4. The summed E-state index contributed by atoms with van der Waals surface area (Å²) >= 11 is 0. The third kappa shape index (κ3) is 4.46. The summed E-state index contributed by atoms with van der Waals surface area (Å²) in [5.74, 6) is 1.35. The highest BCUT2D eigenvalue weighted by Crippen LogP contribution is 2.31. The number of anilines is 1. The van der Waals surface area contributed by atoms with Crippen molar-refractivity contribution >= 4 is 26.7 Å². The molecule has 1 aromatic carbocycles. The molecule has 1 saturated heterocycles. The molecule has 0 radical (unpaired) electrons. The Kier molecular flexibility index (Phi) is 6.18. The predicted octanol–water partition coefficient (Wildman–Crippen LogP) is 3.95. The number of aromatic nitrogens is 4. The summed E-state index contributed by atoms with van der Waals surface area (Å²) in [6, 6.07) is 12.8. The van der Waals surface area contributed by atoms with Gasteiger partial charge in [0.15, 0.2) is 15.7 Å². The summed E-state index contributed by atoms with van der Waals surface area (Å²) < 4.78 is 29.8. The number of sulfone groups is 1. The zero-order valence-electron chi connectivity index (χ0n) is 17.8.